The van der Waals surface area contributed by atoms with Gasteiger partial charge in [-0.2, -0.15) is 13.2 Å². The van der Waals surface area contributed by atoms with E-state index in [2.05, 4.69) is 10.6 Å². The molecule has 0 fully saturated rings. The third kappa shape index (κ3) is 6.30. The smallest absolute Gasteiger partial charge is 0.416 e. The first-order valence-electron chi connectivity index (χ1n) is 8.44. The van der Waals surface area contributed by atoms with Crippen molar-refractivity contribution in [1.29, 1.82) is 0 Å². The molecule has 2 aromatic carbocycles. The number of nitrogens with two attached hydrogens (primary N) is 1. The number of ether oxygens (including phenoxy) is 2. The number of hydrogen-bond donors (Lipinski definition) is 3. The maximum atomic E-state index is 12.6. The quantitative estimate of drug-likeness (QED) is 0.620. The number of nitrogens with one attached hydrogen (secondary N) is 2. The van der Waals surface area contributed by atoms with Crippen LogP contribution in [0.25, 0.3) is 0 Å². The molecule has 7 nitrogen and oxygen atoms in total. The fourth-order valence-corrected chi connectivity index (χ4v) is 2.34. The Morgan fingerprint density at radius 2 is 1.69 bits per heavy atom. The van der Waals surface area contributed by atoms with Gasteiger partial charge in [0.1, 0.15) is 6.04 Å². The molecule has 1 unspecified atom stereocenters. The highest BCUT2D eigenvalue weighted by Crippen LogP contribution is 2.31. The van der Waals surface area contributed by atoms with Crippen molar-refractivity contribution in [2.75, 3.05) is 24.4 Å². The van der Waals surface area contributed by atoms with Gasteiger partial charge >= 0.3 is 6.18 Å². The van der Waals surface area contributed by atoms with E-state index >= 15 is 0 Å². The molecule has 0 aliphatic rings. The summed E-state index contributed by atoms with van der Waals surface area (Å²) in [6.45, 7) is 1.23. The third-order valence-electron chi connectivity index (χ3n) is 3.79. The Balaban J connectivity index is 2.03. The molecule has 0 bridgehead atoms. The topological polar surface area (TPSA) is 103 Å². The molecule has 4 N–H and O–H groups in total. The van der Waals surface area contributed by atoms with Crippen LogP contribution in [0.5, 0.6) is 11.5 Å². The van der Waals surface area contributed by atoms with Gasteiger partial charge in [0.25, 0.3) is 5.91 Å². The predicted molar refractivity (Wildman–Crippen MR) is 101 cm³/mol. The van der Waals surface area contributed by atoms with E-state index in [0.29, 0.717) is 11.4 Å². The van der Waals surface area contributed by atoms with Gasteiger partial charge in [-0.1, -0.05) is 0 Å². The summed E-state index contributed by atoms with van der Waals surface area (Å²) in [4.78, 5) is 23.2. The number of alkyl halides is 3. The summed E-state index contributed by atoms with van der Waals surface area (Å²) in [6, 6.07) is 8.15. The first-order chi connectivity index (χ1) is 13.6. The predicted octanol–water partition coefficient (Wildman–Crippen LogP) is 3.02. The molecule has 0 heterocycles. The van der Waals surface area contributed by atoms with E-state index in [1.54, 1.807) is 19.1 Å². The Hall–Kier alpha value is -3.43. The van der Waals surface area contributed by atoms with Crippen molar-refractivity contribution in [1.82, 2.24) is 0 Å². The number of carbonyl (C=O) groups is 2. The van der Waals surface area contributed by atoms with Crippen LogP contribution in [-0.4, -0.2) is 31.6 Å². The van der Waals surface area contributed by atoms with E-state index < -0.39 is 29.6 Å². The molecule has 10 heteroatoms. The lowest BCUT2D eigenvalue weighted by Gasteiger charge is -2.17. The minimum absolute atomic E-state index is 0.233. The fraction of sp³-hybridized carbons (Fsp3) is 0.263. The van der Waals surface area contributed by atoms with Crippen LogP contribution in [0, 0.1) is 0 Å². The highest BCUT2D eigenvalue weighted by Gasteiger charge is 2.30. The maximum absolute atomic E-state index is 12.6. The number of methoxy groups -OCH3 is 1. The van der Waals surface area contributed by atoms with Gasteiger partial charge in [0.05, 0.1) is 12.7 Å². The number of halogens is 3. The highest BCUT2D eigenvalue weighted by molar-refractivity contribution is 5.96. The van der Waals surface area contributed by atoms with Crippen LogP contribution >= 0.6 is 0 Å². The minimum atomic E-state index is -4.44. The van der Waals surface area contributed by atoms with Crippen LogP contribution in [0.3, 0.4) is 0 Å². The zero-order valence-electron chi connectivity index (χ0n) is 15.7. The van der Waals surface area contributed by atoms with Crippen LogP contribution in [0.15, 0.2) is 42.5 Å². The normalized spacial score (nSPS) is 12.0. The number of carbonyl (C=O) groups excluding carboxylic acids is 2. The Morgan fingerprint density at radius 3 is 2.24 bits per heavy atom. The molecule has 29 heavy (non-hydrogen) atoms. The molecule has 2 amide bonds. The van der Waals surface area contributed by atoms with E-state index in [9.17, 15) is 22.8 Å². The van der Waals surface area contributed by atoms with Crippen molar-refractivity contribution in [3.8, 4) is 11.5 Å². The Bertz CT molecular complexity index is 870. The molecule has 156 valence electrons. The van der Waals surface area contributed by atoms with Crippen LogP contribution < -0.4 is 25.8 Å². The van der Waals surface area contributed by atoms with Gasteiger partial charge in [-0.05, 0) is 43.3 Å². The molecule has 0 spiro atoms. The zero-order chi connectivity index (χ0) is 21.6. The summed E-state index contributed by atoms with van der Waals surface area (Å²) in [5.74, 6) is -0.486. The number of rotatable bonds is 8. The van der Waals surface area contributed by atoms with Gasteiger partial charge in [-0.25, -0.2) is 0 Å². The second-order valence-corrected chi connectivity index (χ2v) is 6.05. The second-order valence-electron chi connectivity index (χ2n) is 6.05. The van der Waals surface area contributed by atoms with Crippen LogP contribution in [0.1, 0.15) is 12.5 Å². The van der Waals surface area contributed by atoms with Crippen LogP contribution in [0.4, 0.5) is 24.5 Å². The average Bonchev–Trinajstić information content (AvgIpc) is 2.66. The summed E-state index contributed by atoms with van der Waals surface area (Å²) in [7, 11) is 1.43. The third-order valence-corrected chi connectivity index (χ3v) is 3.79. The van der Waals surface area contributed by atoms with Gasteiger partial charge in [-0.3, -0.25) is 9.59 Å². The molecule has 0 aliphatic carbocycles. The number of primary amides is 1. The largest absolute Gasteiger partial charge is 0.493 e. The van der Waals surface area contributed by atoms with Crippen molar-refractivity contribution in [3.63, 3.8) is 0 Å². The summed E-state index contributed by atoms with van der Waals surface area (Å²) in [6.07, 6.45) is -4.44. The number of benzene rings is 2. The fourth-order valence-electron chi connectivity index (χ4n) is 2.34. The van der Waals surface area contributed by atoms with Crippen LogP contribution in [-0.2, 0) is 15.8 Å². The average molecular weight is 411 g/mol. The van der Waals surface area contributed by atoms with Crippen molar-refractivity contribution in [2.24, 2.45) is 5.73 Å². The molecule has 0 saturated heterocycles. The lowest BCUT2D eigenvalue weighted by atomic mass is 10.2. The molecule has 0 aliphatic heterocycles. The number of hydrogen-bond acceptors (Lipinski definition) is 5. The first kappa shape index (κ1) is 21.9. The lowest BCUT2D eigenvalue weighted by molar-refractivity contribution is -0.137. The molecule has 2 aromatic rings. The Labute approximate surface area is 165 Å². The molecule has 0 aromatic heterocycles. The van der Waals surface area contributed by atoms with Crippen LogP contribution in [0.2, 0.25) is 0 Å². The van der Waals surface area contributed by atoms with E-state index in [1.807, 2.05) is 0 Å². The summed E-state index contributed by atoms with van der Waals surface area (Å²) in [5.41, 5.74) is 4.99. The Kier molecular flexibility index (Phi) is 6.92. The SMILES string of the molecule is COc1ccc(NC(C)C(=O)Nc2ccc(C(F)(F)F)cc2)cc1OCC(N)=O. The first-order valence-corrected chi connectivity index (χ1v) is 8.44. The van der Waals surface area contributed by atoms with Gasteiger partial charge in [-0.15, -0.1) is 0 Å². The van der Waals surface area contributed by atoms with E-state index in [4.69, 9.17) is 15.2 Å². The summed E-state index contributed by atoms with van der Waals surface area (Å²) >= 11 is 0. The molecular formula is C19H20F3N3O4. The highest BCUT2D eigenvalue weighted by atomic mass is 19.4. The number of amides is 2. The zero-order valence-corrected chi connectivity index (χ0v) is 15.7. The van der Waals surface area contributed by atoms with Crippen molar-refractivity contribution in [2.45, 2.75) is 19.1 Å². The van der Waals surface area contributed by atoms with Crippen molar-refractivity contribution < 1.29 is 32.2 Å². The lowest BCUT2D eigenvalue weighted by Crippen LogP contribution is -2.31. The van der Waals surface area contributed by atoms with Gasteiger partial charge in [0.15, 0.2) is 18.1 Å². The second kappa shape index (κ2) is 9.18. The Morgan fingerprint density at radius 1 is 1.07 bits per heavy atom. The van der Waals surface area contributed by atoms with Gasteiger partial charge < -0.3 is 25.8 Å². The molecular weight excluding hydrogens is 391 g/mol. The monoisotopic (exact) mass is 411 g/mol. The molecule has 0 saturated carbocycles. The molecule has 2 rings (SSSR count). The van der Waals surface area contributed by atoms with Crippen molar-refractivity contribution in [3.05, 3.63) is 48.0 Å². The molecule has 0 radical (unpaired) electrons. The maximum Gasteiger partial charge on any atom is 0.416 e. The number of anilines is 2. The molecule has 1 atom stereocenters. The van der Waals surface area contributed by atoms with E-state index in [0.717, 1.165) is 12.1 Å². The summed E-state index contributed by atoms with van der Waals surface area (Å²) in [5, 5.41) is 5.47. The summed E-state index contributed by atoms with van der Waals surface area (Å²) < 4.78 is 48.2. The van der Waals surface area contributed by atoms with Crippen molar-refractivity contribution >= 4 is 23.2 Å². The van der Waals surface area contributed by atoms with Gasteiger partial charge in [0, 0.05) is 17.4 Å². The van der Waals surface area contributed by atoms with E-state index in [-0.39, 0.29) is 18.0 Å². The standard InChI is InChI=1S/C19H20F3N3O4/c1-11(18(27)25-13-5-3-12(4-6-13)19(20,21)22)24-14-7-8-15(28-2)16(9-14)29-10-17(23)26/h3-9,11,24H,10H2,1-2H3,(H2,23,26)(H,25,27). The minimum Gasteiger partial charge on any atom is -0.493 e. The van der Waals surface area contributed by atoms with Gasteiger partial charge in [0.2, 0.25) is 5.91 Å². The van der Waals surface area contributed by atoms with E-state index in [1.165, 1.54) is 25.3 Å².